The monoisotopic (exact) mass is 691 g/mol. The van der Waals surface area contributed by atoms with Gasteiger partial charge in [0.2, 0.25) is 0 Å². The molecule has 0 amide bonds. The number of nitrogens with one attached hydrogen (secondary N) is 1. The van der Waals surface area contributed by atoms with Crippen LogP contribution in [0.4, 0.5) is 0 Å². The van der Waals surface area contributed by atoms with Crippen molar-refractivity contribution in [2.24, 2.45) is 4.99 Å². The molecule has 5 heteroatoms. The van der Waals surface area contributed by atoms with Crippen molar-refractivity contribution in [2.75, 3.05) is 0 Å². The van der Waals surface area contributed by atoms with Crippen LogP contribution in [0.3, 0.4) is 0 Å². The average molecular weight is 692 g/mol. The molecule has 1 N–H and O–H groups in total. The van der Waals surface area contributed by atoms with Crippen molar-refractivity contribution in [1.29, 1.82) is 0 Å². The second kappa shape index (κ2) is 12.2. The van der Waals surface area contributed by atoms with Crippen LogP contribution in [-0.2, 0) is 0 Å². The second-order valence-corrected chi connectivity index (χ2v) is 17.0. The highest BCUT2D eigenvalue weighted by Crippen LogP contribution is 2.73. The third-order valence-corrected chi connectivity index (χ3v) is 15.0. The van der Waals surface area contributed by atoms with E-state index in [0.717, 1.165) is 21.3 Å². The maximum atomic E-state index is 5.54. The first-order valence-corrected chi connectivity index (χ1v) is 19.7. The zero-order valence-electron chi connectivity index (χ0n) is 27.7. The topological polar surface area (TPSA) is 29.3 Å². The molecule has 7 aromatic carbocycles. The standard InChI is InChI=1S/C46H33N3S2/c1-4-18-33(19-5-1)51(34-20-6-2-7-21-34,35-22-8-3-9-23-35)36-24-16-17-32(31-36)45-47-43-39-27-12-15-30-42(39)50-44(43)46(48-45)49-40-28-13-10-25-37(40)38-26-11-14-29-41(38)49/h1-31,45,48H. The largest absolute Gasteiger partial charge is 0.345 e. The number of rotatable bonds is 6. The van der Waals surface area contributed by atoms with E-state index < -0.39 is 10.0 Å². The minimum Gasteiger partial charge on any atom is -0.345 e. The van der Waals surface area contributed by atoms with Gasteiger partial charge in [0.05, 0.1) is 20.9 Å². The number of hydrogen-bond donors (Lipinski definition) is 1. The van der Waals surface area contributed by atoms with E-state index in [4.69, 9.17) is 4.99 Å². The van der Waals surface area contributed by atoms with Crippen molar-refractivity contribution in [2.45, 2.75) is 25.7 Å². The quantitative estimate of drug-likeness (QED) is 0.185. The zero-order chi connectivity index (χ0) is 33.8. The second-order valence-electron chi connectivity index (χ2n) is 12.8. The summed E-state index contributed by atoms with van der Waals surface area (Å²) < 4.78 is 4.81. The summed E-state index contributed by atoms with van der Waals surface area (Å²) in [6, 6.07) is 68.4. The molecule has 2 aromatic heterocycles. The lowest BCUT2D eigenvalue weighted by atomic mass is 10.1. The maximum absolute atomic E-state index is 5.54. The molecule has 0 bridgehead atoms. The smallest absolute Gasteiger partial charge is 0.146 e. The van der Waals surface area contributed by atoms with Gasteiger partial charge in [0, 0.05) is 40.4 Å². The molecular formula is C46H33N3S2. The maximum Gasteiger partial charge on any atom is 0.146 e. The van der Waals surface area contributed by atoms with Gasteiger partial charge >= 0.3 is 0 Å². The van der Waals surface area contributed by atoms with E-state index in [1.54, 1.807) is 0 Å². The summed E-state index contributed by atoms with van der Waals surface area (Å²) in [6.45, 7) is 0. The molecule has 0 aliphatic carbocycles. The van der Waals surface area contributed by atoms with Crippen molar-refractivity contribution in [3.8, 4) is 0 Å². The first-order valence-electron chi connectivity index (χ1n) is 17.2. The Labute approximate surface area is 301 Å². The van der Waals surface area contributed by atoms with E-state index >= 15 is 0 Å². The molecule has 244 valence electrons. The SMILES string of the molecule is c1ccc(S(c2ccccc2)(c2ccccc2)c2cccc(C3N=c4c(sc5ccccc45)=C(n4c5ccccc5c5ccccc54)N3)c2)cc1. The van der Waals surface area contributed by atoms with Crippen LogP contribution >= 0.6 is 21.4 Å². The normalized spacial score (nSPS) is 14.7. The molecule has 0 saturated heterocycles. The highest BCUT2D eigenvalue weighted by Gasteiger charge is 2.34. The Morgan fingerprint density at radius 2 is 0.980 bits per heavy atom. The minimum atomic E-state index is -1.85. The third-order valence-electron chi connectivity index (χ3n) is 9.94. The van der Waals surface area contributed by atoms with E-state index in [-0.39, 0.29) is 6.17 Å². The molecule has 51 heavy (non-hydrogen) atoms. The summed E-state index contributed by atoms with van der Waals surface area (Å²) in [5, 5.41) is 8.73. The average Bonchev–Trinajstić information content (AvgIpc) is 3.75. The molecule has 1 aliphatic heterocycles. The highest BCUT2D eigenvalue weighted by molar-refractivity contribution is 8.34. The Kier molecular flexibility index (Phi) is 7.15. The van der Waals surface area contributed by atoms with Crippen molar-refractivity contribution < 1.29 is 0 Å². The van der Waals surface area contributed by atoms with E-state index in [1.165, 1.54) is 51.5 Å². The Hall–Kier alpha value is -5.88. The summed E-state index contributed by atoms with van der Waals surface area (Å²) in [6.07, 6.45) is -0.301. The van der Waals surface area contributed by atoms with Crippen molar-refractivity contribution in [3.05, 3.63) is 204 Å². The summed E-state index contributed by atoms with van der Waals surface area (Å²) in [4.78, 5) is 10.7. The van der Waals surface area contributed by atoms with Crippen molar-refractivity contribution in [3.63, 3.8) is 0 Å². The Morgan fingerprint density at radius 3 is 1.57 bits per heavy atom. The molecule has 1 unspecified atom stereocenters. The third kappa shape index (κ3) is 4.69. The molecule has 0 saturated carbocycles. The lowest BCUT2D eigenvalue weighted by molar-refractivity contribution is 0.620. The van der Waals surface area contributed by atoms with Gasteiger partial charge in [0.15, 0.2) is 0 Å². The van der Waals surface area contributed by atoms with Crippen LogP contribution in [0.2, 0.25) is 0 Å². The molecule has 10 rings (SSSR count). The van der Waals surface area contributed by atoms with Gasteiger partial charge in [0.1, 0.15) is 12.0 Å². The summed E-state index contributed by atoms with van der Waals surface area (Å²) >= 11 is 1.81. The molecule has 0 spiro atoms. The van der Waals surface area contributed by atoms with Gasteiger partial charge in [-0.05, 0) is 72.3 Å². The fourth-order valence-corrected chi connectivity index (χ4v) is 12.8. The first-order chi connectivity index (χ1) is 25.3. The van der Waals surface area contributed by atoms with E-state index in [9.17, 15) is 0 Å². The number of nitrogens with zero attached hydrogens (tertiary/aromatic N) is 2. The van der Waals surface area contributed by atoms with Gasteiger partial charge in [-0.25, -0.2) is 0 Å². The van der Waals surface area contributed by atoms with Crippen LogP contribution in [0.1, 0.15) is 11.7 Å². The van der Waals surface area contributed by atoms with Gasteiger partial charge in [-0.15, -0.1) is 21.4 Å². The van der Waals surface area contributed by atoms with Gasteiger partial charge in [-0.1, -0.05) is 121 Å². The number of hydrogen-bond acceptors (Lipinski definition) is 3. The minimum absolute atomic E-state index is 0.301. The Morgan fingerprint density at radius 1 is 0.490 bits per heavy atom. The van der Waals surface area contributed by atoms with Gasteiger partial charge in [-0.2, -0.15) is 0 Å². The lowest BCUT2D eigenvalue weighted by Gasteiger charge is -2.42. The Balaban J connectivity index is 1.23. The van der Waals surface area contributed by atoms with Crippen LogP contribution in [-0.4, -0.2) is 4.57 Å². The Bertz CT molecular complexity index is 2690. The van der Waals surface area contributed by atoms with Gasteiger partial charge in [-0.3, -0.25) is 9.56 Å². The molecule has 3 nitrogen and oxygen atoms in total. The van der Waals surface area contributed by atoms with E-state index in [0.29, 0.717) is 0 Å². The van der Waals surface area contributed by atoms with E-state index in [1.807, 2.05) is 11.3 Å². The number of thiophene rings is 1. The number of aromatic nitrogens is 1. The summed E-state index contributed by atoms with van der Waals surface area (Å²) in [7, 11) is -1.85. The van der Waals surface area contributed by atoms with Crippen molar-refractivity contribution in [1.82, 2.24) is 9.88 Å². The molecule has 1 aliphatic rings. The zero-order valence-corrected chi connectivity index (χ0v) is 29.3. The number of benzene rings is 7. The van der Waals surface area contributed by atoms with Crippen LogP contribution in [0.25, 0.3) is 37.7 Å². The van der Waals surface area contributed by atoms with Crippen LogP contribution in [0.15, 0.2) is 213 Å². The van der Waals surface area contributed by atoms with Crippen LogP contribution < -0.4 is 15.2 Å². The summed E-state index contributed by atoms with van der Waals surface area (Å²) in [5.41, 5.74) is 3.49. The van der Waals surface area contributed by atoms with Gasteiger partial charge < -0.3 is 5.32 Å². The van der Waals surface area contributed by atoms with E-state index in [2.05, 4.69) is 198 Å². The molecule has 0 radical (unpaired) electrons. The van der Waals surface area contributed by atoms with Crippen LogP contribution in [0.5, 0.6) is 0 Å². The molecule has 9 aromatic rings. The molecule has 3 heterocycles. The first kappa shape index (κ1) is 30.0. The molecule has 1 atom stereocenters. The predicted octanol–water partition coefficient (Wildman–Crippen LogP) is 10.9. The number of fused-ring (bicyclic) bond motifs is 6. The summed E-state index contributed by atoms with van der Waals surface area (Å²) in [5.74, 6) is 1.07. The highest BCUT2D eigenvalue weighted by atomic mass is 32.3. The van der Waals surface area contributed by atoms with Crippen LogP contribution in [0, 0.1) is 0 Å². The molecule has 0 fully saturated rings. The fourth-order valence-electron chi connectivity index (χ4n) is 7.73. The van der Waals surface area contributed by atoms with Crippen molar-refractivity contribution >= 4 is 59.1 Å². The lowest BCUT2D eigenvalue weighted by Crippen LogP contribution is -2.39. The number of para-hydroxylation sites is 2. The van der Waals surface area contributed by atoms with Gasteiger partial charge in [0.25, 0.3) is 0 Å². The molecular weight excluding hydrogens is 659 g/mol. The predicted molar refractivity (Wildman–Crippen MR) is 213 cm³/mol. The fraction of sp³-hybridized carbons (Fsp3) is 0.0217.